The summed E-state index contributed by atoms with van der Waals surface area (Å²) in [5, 5.41) is 9.13. The van der Waals surface area contributed by atoms with Gasteiger partial charge in [-0.1, -0.05) is 19.3 Å². The number of hydrogen-bond donors (Lipinski definition) is 1. The fourth-order valence-electron chi connectivity index (χ4n) is 3.76. The molecule has 2 aliphatic carbocycles. The molecule has 4 heteroatoms. The first-order valence-corrected chi connectivity index (χ1v) is 7.19. The van der Waals surface area contributed by atoms with E-state index in [2.05, 4.69) is 6.07 Å². The molecule has 1 aliphatic heterocycles. The van der Waals surface area contributed by atoms with Crippen LogP contribution in [0.2, 0.25) is 0 Å². The number of nitrogens with zero attached hydrogens (tertiary/aromatic N) is 2. The van der Waals surface area contributed by atoms with E-state index < -0.39 is 0 Å². The zero-order chi connectivity index (χ0) is 12.7. The molecule has 2 N–H and O–H groups in total. The van der Waals surface area contributed by atoms with Gasteiger partial charge in [-0.2, -0.15) is 5.26 Å². The average Bonchev–Trinajstić information content (AvgIpc) is 3.09. The Morgan fingerprint density at radius 1 is 1.28 bits per heavy atom. The fourth-order valence-corrected chi connectivity index (χ4v) is 3.76. The van der Waals surface area contributed by atoms with Crippen molar-refractivity contribution < 1.29 is 4.79 Å². The van der Waals surface area contributed by atoms with Crippen LogP contribution in [0.25, 0.3) is 0 Å². The predicted molar refractivity (Wildman–Crippen MR) is 67.3 cm³/mol. The lowest BCUT2D eigenvalue weighted by molar-refractivity contribution is -0.135. The van der Waals surface area contributed by atoms with Gasteiger partial charge in [0.15, 0.2) is 0 Å². The van der Waals surface area contributed by atoms with Crippen LogP contribution < -0.4 is 5.73 Å². The molecule has 4 nitrogen and oxygen atoms in total. The van der Waals surface area contributed by atoms with Crippen LogP contribution in [0.1, 0.15) is 44.9 Å². The van der Waals surface area contributed by atoms with Gasteiger partial charge in [0.2, 0.25) is 5.91 Å². The summed E-state index contributed by atoms with van der Waals surface area (Å²) in [5.41, 5.74) is 6.17. The maximum atomic E-state index is 12.5. The van der Waals surface area contributed by atoms with Gasteiger partial charge in [-0.15, -0.1) is 0 Å². The minimum absolute atomic E-state index is 0.0402. The molecule has 0 aromatic carbocycles. The summed E-state index contributed by atoms with van der Waals surface area (Å²) < 4.78 is 0. The molecule has 3 aliphatic rings. The zero-order valence-corrected chi connectivity index (χ0v) is 10.7. The number of piperidine rings is 1. The monoisotopic (exact) mass is 247 g/mol. The van der Waals surface area contributed by atoms with Gasteiger partial charge in [0.05, 0.1) is 12.1 Å². The van der Waals surface area contributed by atoms with Gasteiger partial charge in [0, 0.05) is 6.04 Å². The van der Waals surface area contributed by atoms with Gasteiger partial charge in [-0.05, 0) is 37.5 Å². The van der Waals surface area contributed by atoms with E-state index in [1.807, 2.05) is 4.90 Å². The highest BCUT2D eigenvalue weighted by molar-refractivity contribution is 5.83. The largest absolute Gasteiger partial charge is 0.322 e. The third kappa shape index (κ3) is 1.91. The van der Waals surface area contributed by atoms with Crippen molar-refractivity contribution in [3.63, 3.8) is 0 Å². The molecule has 18 heavy (non-hydrogen) atoms. The maximum Gasteiger partial charge on any atom is 0.241 e. The standard InChI is InChI=1S/C14H21N3O/c15-8-11-6-10-7-12(10)17(11)14(18)13(16)9-4-2-1-3-5-9/h9-13H,1-7,16H2/t10-,11+,12+,13+/m1/s1. The minimum atomic E-state index is -0.375. The molecule has 0 aromatic rings. The SMILES string of the molecule is N#C[C@@H]1C[C@@H]2C[C@@H]2N1C(=O)[C@@H](N)C1CCCCC1. The molecule has 2 saturated carbocycles. The number of carbonyl (C=O) groups is 1. The van der Waals surface area contributed by atoms with Crippen LogP contribution in [0.5, 0.6) is 0 Å². The number of hydrogen-bond acceptors (Lipinski definition) is 3. The van der Waals surface area contributed by atoms with Crippen LogP contribution in [0.15, 0.2) is 0 Å². The Hall–Kier alpha value is -1.08. The third-order valence-corrected chi connectivity index (χ3v) is 4.95. The highest BCUT2D eigenvalue weighted by Crippen LogP contribution is 2.48. The second-order valence-corrected chi connectivity index (χ2v) is 6.11. The molecule has 3 rings (SSSR count). The first kappa shape index (κ1) is 12.0. The van der Waals surface area contributed by atoms with Crippen molar-refractivity contribution in [1.82, 2.24) is 4.90 Å². The van der Waals surface area contributed by atoms with Gasteiger partial charge in [0.25, 0.3) is 0 Å². The highest BCUT2D eigenvalue weighted by Gasteiger charge is 2.55. The van der Waals surface area contributed by atoms with Crippen molar-refractivity contribution >= 4 is 5.91 Å². The van der Waals surface area contributed by atoms with Crippen LogP contribution >= 0.6 is 0 Å². The summed E-state index contributed by atoms with van der Waals surface area (Å²) in [6, 6.07) is 2.01. The van der Waals surface area contributed by atoms with Gasteiger partial charge >= 0.3 is 0 Å². The van der Waals surface area contributed by atoms with Crippen LogP contribution in [0.3, 0.4) is 0 Å². The average molecular weight is 247 g/mol. The van der Waals surface area contributed by atoms with Crippen LogP contribution in [-0.4, -0.2) is 28.9 Å². The molecule has 1 amide bonds. The number of amides is 1. The number of carbonyl (C=O) groups excluding carboxylic acids is 1. The molecule has 1 heterocycles. The van der Waals surface area contributed by atoms with Crippen LogP contribution in [-0.2, 0) is 4.79 Å². The molecular weight excluding hydrogens is 226 g/mol. The van der Waals surface area contributed by atoms with Crippen molar-refractivity contribution in [1.29, 1.82) is 5.26 Å². The Balaban J connectivity index is 1.68. The van der Waals surface area contributed by atoms with Crippen molar-refractivity contribution in [2.45, 2.75) is 63.1 Å². The van der Waals surface area contributed by atoms with Crippen molar-refractivity contribution in [2.75, 3.05) is 0 Å². The topological polar surface area (TPSA) is 70.1 Å². The van der Waals surface area contributed by atoms with Crippen LogP contribution in [0.4, 0.5) is 0 Å². The summed E-state index contributed by atoms with van der Waals surface area (Å²) in [6.45, 7) is 0. The summed E-state index contributed by atoms with van der Waals surface area (Å²) in [5.74, 6) is 0.957. The summed E-state index contributed by atoms with van der Waals surface area (Å²) in [4.78, 5) is 14.3. The van der Waals surface area contributed by atoms with E-state index in [0.29, 0.717) is 17.9 Å². The summed E-state index contributed by atoms with van der Waals surface area (Å²) in [6.07, 6.45) is 7.76. The van der Waals surface area contributed by atoms with E-state index in [1.165, 1.54) is 19.3 Å². The zero-order valence-electron chi connectivity index (χ0n) is 10.7. The van der Waals surface area contributed by atoms with E-state index in [0.717, 1.165) is 25.7 Å². The molecule has 0 aromatic heterocycles. The molecule has 3 fully saturated rings. The predicted octanol–water partition coefficient (Wildman–Crippen LogP) is 1.41. The molecule has 0 unspecified atom stereocenters. The van der Waals surface area contributed by atoms with Crippen LogP contribution in [0, 0.1) is 23.2 Å². The second kappa shape index (κ2) is 4.55. The highest BCUT2D eigenvalue weighted by atomic mass is 16.2. The molecule has 98 valence electrons. The quantitative estimate of drug-likeness (QED) is 0.802. The van der Waals surface area contributed by atoms with Gasteiger partial charge in [-0.3, -0.25) is 4.79 Å². The van der Waals surface area contributed by atoms with Gasteiger partial charge in [-0.25, -0.2) is 0 Å². The third-order valence-electron chi connectivity index (χ3n) is 4.95. The lowest BCUT2D eigenvalue weighted by Gasteiger charge is -2.31. The summed E-state index contributed by atoms with van der Waals surface area (Å²) >= 11 is 0. The molecule has 0 bridgehead atoms. The normalized spacial score (nSPS) is 36.9. The number of nitriles is 1. The minimum Gasteiger partial charge on any atom is -0.322 e. The Labute approximate surface area is 108 Å². The molecular formula is C14H21N3O. The van der Waals surface area contributed by atoms with Gasteiger partial charge < -0.3 is 10.6 Å². The molecule has 0 spiro atoms. The van der Waals surface area contributed by atoms with Crippen molar-refractivity contribution in [3.05, 3.63) is 0 Å². The molecule has 4 atom stereocenters. The van der Waals surface area contributed by atoms with E-state index >= 15 is 0 Å². The van der Waals surface area contributed by atoms with Crippen molar-refractivity contribution in [3.8, 4) is 6.07 Å². The lowest BCUT2D eigenvalue weighted by atomic mass is 9.83. The lowest BCUT2D eigenvalue weighted by Crippen LogP contribution is -2.50. The Morgan fingerprint density at radius 3 is 2.67 bits per heavy atom. The van der Waals surface area contributed by atoms with Gasteiger partial charge in [0.1, 0.15) is 6.04 Å². The number of fused-ring (bicyclic) bond motifs is 1. The van der Waals surface area contributed by atoms with E-state index in [9.17, 15) is 4.79 Å². The first-order valence-electron chi connectivity index (χ1n) is 7.19. The second-order valence-electron chi connectivity index (χ2n) is 6.11. The van der Waals surface area contributed by atoms with E-state index in [4.69, 9.17) is 11.0 Å². The first-order chi connectivity index (χ1) is 8.72. The maximum absolute atomic E-state index is 12.5. The number of rotatable bonds is 2. The smallest absolute Gasteiger partial charge is 0.241 e. The summed E-state index contributed by atoms with van der Waals surface area (Å²) in [7, 11) is 0. The molecule has 0 radical (unpaired) electrons. The number of nitrogens with two attached hydrogens (primary N) is 1. The van der Waals surface area contributed by atoms with E-state index in [-0.39, 0.29) is 18.0 Å². The van der Waals surface area contributed by atoms with E-state index in [1.54, 1.807) is 0 Å². The van der Waals surface area contributed by atoms with Crippen molar-refractivity contribution in [2.24, 2.45) is 17.6 Å². The Morgan fingerprint density at radius 2 is 2.00 bits per heavy atom. The number of likely N-dealkylation sites (tertiary alicyclic amines) is 1. The Kier molecular flexibility index (Phi) is 3.03. The fraction of sp³-hybridized carbons (Fsp3) is 0.857. The Bertz CT molecular complexity index is 383. The molecule has 1 saturated heterocycles.